The fourth-order valence-corrected chi connectivity index (χ4v) is 5.09. The molecule has 1 saturated heterocycles. The van der Waals surface area contributed by atoms with E-state index in [1.807, 2.05) is 16.3 Å². The maximum atomic E-state index is 12.4. The lowest BCUT2D eigenvalue weighted by Gasteiger charge is -2.31. The summed E-state index contributed by atoms with van der Waals surface area (Å²) in [5.41, 5.74) is 0. The van der Waals surface area contributed by atoms with Crippen molar-refractivity contribution in [2.24, 2.45) is 5.92 Å². The summed E-state index contributed by atoms with van der Waals surface area (Å²) >= 11 is 1.71. The van der Waals surface area contributed by atoms with Crippen LogP contribution >= 0.6 is 11.3 Å². The molecule has 2 fully saturated rings. The van der Waals surface area contributed by atoms with Gasteiger partial charge in [-0.1, -0.05) is 25.3 Å². The van der Waals surface area contributed by atoms with Gasteiger partial charge in [-0.2, -0.15) is 0 Å². The Kier molecular flexibility index (Phi) is 9.65. The molecule has 8 heteroatoms. The minimum Gasteiger partial charge on any atom is -0.355 e. The van der Waals surface area contributed by atoms with Gasteiger partial charge in [0.25, 0.3) is 0 Å². The van der Waals surface area contributed by atoms with Crippen LogP contribution < -0.4 is 16.0 Å². The molecule has 3 N–H and O–H groups in total. The largest absolute Gasteiger partial charge is 0.355 e. The van der Waals surface area contributed by atoms with Crippen LogP contribution in [0.25, 0.3) is 0 Å². The van der Waals surface area contributed by atoms with Crippen molar-refractivity contribution >= 4 is 29.2 Å². The van der Waals surface area contributed by atoms with E-state index in [1.165, 1.54) is 24.1 Å². The second kappa shape index (κ2) is 12.7. The summed E-state index contributed by atoms with van der Waals surface area (Å²) in [5, 5.41) is 11.0. The van der Waals surface area contributed by atoms with Gasteiger partial charge in [-0.3, -0.25) is 9.59 Å². The zero-order valence-electron chi connectivity index (χ0n) is 18.4. The fraction of sp³-hybridized carbons (Fsp3) is 0.696. The zero-order valence-corrected chi connectivity index (χ0v) is 19.2. The number of likely N-dealkylation sites (tertiary alicyclic amines) is 1. The Morgan fingerprint density at radius 2 is 1.77 bits per heavy atom. The molecule has 2 aliphatic rings. The lowest BCUT2D eigenvalue weighted by molar-refractivity contribution is -0.135. The molecule has 31 heavy (non-hydrogen) atoms. The van der Waals surface area contributed by atoms with Crippen molar-refractivity contribution < 1.29 is 14.4 Å². The summed E-state index contributed by atoms with van der Waals surface area (Å²) in [6, 6.07) is 4.28. The Morgan fingerprint density at radius 3 is 2.48 bits per heavy atom. The van der Waals surface area contributed by atoms with Crippen LogP contribution in [-0.2, 0) is 16.0 Å². The standard InChI is InChI=1S/C23H36N4O3S/c28-21(9-4-13-25-23(30)26-19-6-2-1-3-7-19)27-15-11-18(12-16-27)22(29)24-14-10-20-8-5-17-31-20/h5,8,17-19H,1-4,6-7,9-16H2,(H,24,29)(H2,25,26,30). The van der Waals surface area contributed by atoms with Crippen molar-refractivity contribution in [1.29, 1.82) is 0 Å². The van der Waals surface area contributed by atoms with E-state index in [9.17, 15) is 14.4 Å². The first-order valence-electron chi connectivity index (χ1n) is 11.7. The summed E-state index contributed by atoms with van der Waals surface area (Å²) in [4.78, 5) is 39.9. The Morgan fingerprint density at radius 1 is 1.00 bits per heavy atom. The maximum absolute atomic E-state index is 12.4. The van der Waals surface area contributed by atoms with Gasteiger partial charge >= 0.3 is 6.03 Å². The maximum Gasteiger partial charge on any atom is 0.315 e. The highest BCUT2D eigenvalue weighted by Gasteiger charge is 2.26. The summed E-state index contributed by atoms with van der Waals surface area (Å²) < 4.78 is 0. The van der Waals surface area contributed by atoms with Gasteiger partial charge in [0.15, 0.2) is 0 Å². The number of amides is 4. The van der Waals surface area contributed by atoms with E-state index in [0.29, 0.717) is 45.1 Å². The predicted molar refractivity (Wildman–Crippen MR) is 123 cm³/mol. The fourth-order valence-electron chi connectivity index (χ4n) is 4.38. The normalized spacial score (nSPS) is 17.9. The second-order valence-electron chi connectivity index (χ2n) is 8.61. The van der Waals surface area contributed by atoms with Crippen LogP contribution in [0.4, 0.5) is 4.79 Å². The van der Waals surface area contributed by atoms with Crippen molar-refractivity contribution in [2.75, 3.05) is 26.2 Å². The highest BCUT2D eigenvalue weighted by molar-refractivity contribution is 7.09. The molecule has 1 aliphatic carbocycles. The van der Waals surface area contributed by atoms with Crippen molar-refractivity contribution in [3.63, 3.8) is 0 Å². The number of hydrogen-bond acceptors (Lipinski definition) is 4. The summed E-state index contributed by atoms with van der Waals surface area (Å²) in [6.45, 7) is 2.45. The number of carbonyl (C=O) groups excluding carboxylic acids is 3. The molecule has 3 rings (SSSR count). The van der Waals surface area contributed by atoms with Gasteiger partial charge in [0.05, 0.1) is 0 Å². The van der Waals surface area contributed by atoms with Crippen molar-refractivity contribution in [1.82, 2.24) is 20.9 Å². The molecule has 0 unspecified atom stereocenters. The van der Waals surface area contributed by atoms with Gasteiger partial charge in [-0.05, 0) is 50.0 Å². The highest BCUT2D eigenvalue weighted by atomic mass is 32.1. The molecule has 1 saturated carbocycles. The molecule has 0 radical (unpaired) electrons. The molecule has 0 spiro atoms. The summed E-state index contributed by atoms with van der Waals surface area (Å²) in [5.74, 6) is 0.223. The molecule has 4 amide bonds. The van der Waals surface area contributed by atoms with Crippen LogP contribution in [0.3, 0.4) is 0 Å². The Balaban J connectivity index is 1.23. The van der Waals surface area contributed by atoms with Crippen LogP contribution in [0, 0.1) is 5.92 Å². The van der Waals surface area contributed by atoms with E-state index in [-0.39, 0.29) is 23.8 Å². The molecule has 0 aromatic carbocycles. The number of carbonyl (C=O) groups is 3. The van der Waals surface area contributed by atoms with Gasteiger partial charge < -0.3 is 20.9 Å². The van der Waals surface area contributed by atoms with E-state index in [2.05, 4.69) is 22.0 Å². The first-order chi connectivity index (χ1) is 15.1. The molecular weight excluding hydrogens is 412 g/mol. The van der Waals surface area contributed by atoms with Crippen molar-refractivity contribution in [2.45, 2.75) is 70.3 Å². The van der Waals surface area contributed by atoms with Crippen molar-refractivity contribution in [3.05, 3.63) is 22.4 Å². The average molecular weight is 449 g/mol. The number of hydrogen-bond donors (Lipinski definition) is 3. The Labute approximate surface area is 189 Å². The number of nitrogens with zero attached hydrogens (tertiary/aromatic N) is 1. The molecular formula is C23H36N4O3S. The number of rotatable bonds is 9. The lowest BCUT2D eigenvalue weighted by atomic mass is 9.95. The average Bonchev–Trinajstić information content (AvgIpc) is 3.31. The molecule has 7 nitrogen and oxygen atoms in total. The first kappa shape index (κ1) is 23.6. The molecule has 1 aromatic heterocycles. The third-order valence-electron chi connectivity index (χ3n) is 6.26. The van der Waals surface area contributed by atoms with Gasteiger partial charge in [0.1, 0.15) is 0 Å². The Hall–Kier alpha value is -2.09. The van der Waals surface area contributed by atoms with E-state index in [4.69, 9.17) is 0 Å². The molecule has 2 heterocycles. The number of urea groups is 1. The molecule has 1 aromatic rings. The van der Waals surface area contributed by atoms with E-state index >= 15 is 0 Å². The van der Waals surface area contributed by atoms with E-state index < -0.39 is 0 Å². The highest BCUT2D eigenvalue weighted by Crippen LogP contribution is 2.19. The van der Waals surface area contributed by atoms with E-state index in [0.717, 1.165) is 32.1 Å². The molecule has 1 aliphatic heterocycles. The number of thiophene rings is 1. The van der Waals surface area contributed by atoms with Gasteiger partial charge in [-0.25, -0.2) is 4.79 Å². The number of piperidine rings is 1. The third kappa shape index (κ3) is 8.16. The predicted octanol–water partition coefficient (Wildman–Crippen LogP) is 3.06. The minimum atomic E-state index is -0.120. The van der Waals surface area contributed by atoms with Gasteiger partial charge in [0.2, 0.25) is 11.8 Å². The van der Waals surface area contributed by atoms with Crippen LogP contribution in [0.1, 0.15) is 62.7 Å². The molecule has 172 valence electrons. The zero-order chi connectivity index (χ0) is 21.9. The summed E-state index contributed by atoms with van der Waals surface area (Å²) in [6.07, 6.45) is 9.15. The van der Waals surface area contributed by atoms with Gasteiger partial charge in [-0.15, -0.1) is 11.3 Å². The minimum absolute atomic E-state index is 0.00228. The van der Waals surface area contributed by atoms with Crippen LogP contribution in [-0.4, -0.2) is 55.0 Å². The van der Waals surface area contributed by atoms with Gasteiger partial charge in [0, 0.05) is 49.4 Å². The Bertz CT molecular complexity index is 696. The van der Waals surface area contributed by atoms with Crippen molar-refractivity contribution in [3.8, 4) is 0 Å². The summed E-state index contributed by atoms with van der Waals surface area (Å²) in [7, 11) is 0. The second-order valence-corrected chi connectivity index (χ2v) is 9.65. The topological polar surface area (TPSA) is 90.5 Å². The quantitative estimate of drug-likeness (QED) is 0.507. The number of nitrogens with one attached hydrogen (secondary N) is 3. The van der Waals surface area contributed by atoms with E-state index in [1.54, 1.807) is 11.3 Å². The third-order valence-corrected chi connectivity index (χ3v) is 7.20. The molecule has 0 bridgehead atoms. The smallest absolute Gasteiger partial charge is 0.315 e. The van der Waals surface area contributed by atoms with Crippen LogP contribution in [0.2, 0.25) is 0 Å². The lowest BCUT2D eigenvalue weighted by Crippen LogP contribution is -2.44. The SMILES string of the molecule is O=C(NCCCC(=O)N1CCC(C(=O)NCCc2cccs2)CC1)NC1CCCCC1. The first-order valence-corrected chi connectivity index (χ1v) is 12.6. The monoisotopic (exact) mass is 448 g/mol. The van der Waals surface area contributed by atoms with Crippen LogP contribution in [0.5, 0.6) is 0 Å². The molecule has 0 atom stereocenters. The van der Waals surface area contributed by atoms with Crippen LogP contribution in [0.15, 0.2) is 17.5 Å².